The Morgan fingerprint density at radius 2 is 1.97 bits per heavy atom. The maximum absolute atomic E-state index is 12.2. The Labute approximate surface area is 175 Å². The summed E-state index contributed by atoms with van der Waals surface area (Å²) in [6, 6.07) is 9.80. The maximum Gasteiger partial charge on any atom is 0.253 e. The van der Waals surface area contributed by atoms with E-state index in [-0.39, 0.29) is 11.8 Å². The zero-order valence-electron chi connectivity index (χ0n) is 17.4. The number of likely N-dealkylation sites (tertiary alicyclic amines) is 1. The van der Waals surface area contributed by atoms with Crippen molar-refractivity contribution in [3.8, 4) is 22.7 Å². The first kappa shape index (κ1) is 20.3. The third kappa shape index (κ3) is 4.43. The molecule has 0 atom stereocenters. The Balaban J connectivity index is 1.41. The van der Waals surface area contributed by atoms with Gasteiger partial charge in [0.1, 0.15) is 17.0 Å². The molecule has 2 aromatic heterocycles. The summed E-state index contributed by atoms with van der Waals surface area (Å²) in [6.45, 7) is 6.89. The average molecular weight is 409 g/mol. The van der Waals surface area contributed by atoms with Crippen molar-refractivity contribution in [2.24, 2.45) is 5.92 Å². The molecule has 0 aliphatic carbocycles. The normalized spacial score (nSPS) is 15.4. The van der Waals surface area contributed by atoms with Crippen LogP contribution in [-0.4, -0.2) is 45.8 Å². The summed E-state index contributed by atoms with van der Waals surface area (Å²) in [5, 5.41) is 15.6. The molecule has 1 fully saturated rings. The molecule has 0 spiro atoms. The molecule has 1 N–H and O–H groups in total. The number of hydrogen-bond acceptors (Lipinski definition) is 7. The van der Waals surface area contributed by atoms with Crippen molar-refractivity contribution in [2.75, 3.05) is 19.6 Å². The van der Waals surface area contributed by atoms with Crippen LogP contribution in [0.2, 0.25) is 0 Å². The van der Waals surface area contributed by atoms with Crippen LogP contribution >= 0.6 is 0 Å². The van der Waals surface area contributed by atoms with Gasteiger partial charge >= 0.3 is 0 Å². The van der Waals surface area contributed by atoms with Gasteiger partial charge < -0.3 is 14.3 Å². The molecule has 4 rings (SSSR count). The molecule has 3 heterocycles. The predicted molar refractivity (Wildman–Crippen MR) is 111 cm³/mol. The van der Waals surface area contributed by atoms with Gasteiger partial charge in [-0.2, -0.15) is 0 Å². The molecule has 3 aromatic rings. The quantitative estimate of drug-likeness (QED) is 0.638. The maximum atomic E-state index is 12.2. The molecule has 0 radical (unpaired) electrons. The number of hydrogen-bond donors (Lipinski definition) is 1. The summed E-state index contributed by atoms with van der Waals surface area (Å²) in [6.07, 6.45) is 2.65. The number of piperidine rings is 1. The van der Waals surface area contributed by atoms with Gasteiger partial charge in [0.15, 0.2) is 0 Å². The molecule has 1 aromatic carbocycles. The Morgan fingerprint density at radius 3 is 2.70 bits per heavy atom. The molecule has 1 aliphatic rings. The minimum Gasteiger partial charge on any atom is -0.419 e. The lowest BCUT2D eigenvalue weighted by Gasteiger charge is -2.30. The average Bonchev–Trinajstić information content (AvgIpc) is 3.39. The highest BCUT2D eigenvalue weighted by molar-refractivity contribution is 5.79. The molecule has 1 amide bonds. The Bertz CT molecular complexity index is 974. The summed E-state index contributed by atoms with van der Waals surface area (Å²) >= 11 is 0. The lowest BCUT2D eigenvalue weighted by molar-refractivity contribution is -0.126. The van der Waals surface area contributed by atoms with Crippen LogP contribution in [-0.2, 0) is 11.3 Å². The molecule has 8 nitrogen and oxygen atoms in total. The van der Waals surface area contributed by atoms with Gasteiger partial charge in [0, 0.05) is 18.0 Å². The van der Waals surface area contributed by atoms with E-state index >= 15 is 0 Å². The predicted octanol–water partition coefficient (Wildman–Crippen LogP) is 3.44. The number of carbonyl (C=O) groups is 1. The number of nitrogens with one attached hydrogen (secondary N) is 1. The third-order valence-corrected chi connectivity index (χ3v) is 5.46. The highest BCUT2D eigenvalue weighted by Gasteiger charge is 2.26. The number of benzene rings is 1. The Kier molecular flexibility index (Phi) is 6.23. The van der Waals surface area contributed by atoms with Crippen molar-refractivity contribution in [3.63, 3.8) is 0 Å². The first-order valence-electron chi connectivity index (χ1n) is 10.5. The summed E-state index contributed by atoms with van der Waals surface area (Å²) < 4.78 is 11.4. The lowest BCUT2D eigenvalue weighted by atomic mass is 9.96. The van der Waals surface area contributed by atoms with E-state index in [4.69, 9.17) is 8.94 Å². The highest BCUT2D eigenvalue weighted by Crippen LogP contribution is 2.33. The van der Waals surface area contributed by atoms with Crippen molar-refractivity contribution in [2.45, 2.75) is 39.7 Å². The van der Waals surface area contributed by atoms with Crippen LogP contribution in [0.5, 0.6) is 0 Å². The molecule has 0 unspecified atom stereocenters. The number of rotatable bonds is 7. The van der Waals surface area contributed by atoms with Crippen LogP contribution in [0.15, 0.2) is 39.3 Å². The second-order valence-electron chi connectivity index (χ2n) is 7.67. The fourth-order valence-corrected chi connectivity index (χ4v) is 3.77. The van der Waals surface area contributed by atoms with E-state index in [1.165, 1.54) is 0 Å². The topological polar surface area (TPSA) is 97.3 Å². The van der Waals surface area contributed by atoms with Crippen LogP contribution < -0.4 is 5.32 Å². The minimum atomic E-state index is 0.0964. The van der Waals surface area contributed by atoms with Gasteiger partial charge in [-0.1, -0.05) is 42.4 Å². The summed E-state index contributed by atoms with van der Waals surface area (Å²) in [5.41, 5.74) is 2.36. The van der Waals surface area contributed by atoms with E-state index < -0.39 is 0 Å². The number of amides is 1. The Morgan fingerprint density at radius 1 is 1.20 bits per heavy atom. The van der Waals surface area contributed by atoms with Crippen LogP contribution in [0.4, 0.5) is 0 Å². The van der Waals surface area contributed by atoms with E-state index in [0.717, 1.165) is 50.0 Å². The molecule has 0 saturated carbocycles. The van der Waals surface area contributed by atoms with Crippen LogP contribution in [0.1, 0.15) is 37.8 Å². The zero-order chi connectivity index (χ0) is 20.9. The first-order valence-corrected chi connectivity index (χ1v) is 10.5. The van der Waals surface area contributed by atoms with E-state index in [1.807, 2.05) is 37.3 Å². The molecule has 8 heteroatoms. The molecule has 158 valence electrons. The van der Waals surface area contributed by atoms with Crippen molar-refractivity contribution in [3.05, 3.63) is 42.0 Å². The molecule has 0 bridgehead atoms. The molecule has 30 heavy (non-hydrogen) atoms. The van der Waals surface area contributed by atoms with Crippen LogP contribution in [0.3, 0.4) is 0 Å². The highest BCUT2D eigenvalue weighted by atomic mass is 16.5. The van der Waals surface area contributed by atoms with Crippen LogP contribution in [0, 0.1) is 12.8 Å². The number of carbonyl (C=O) groups excluding carboxylic acids is 1. The molecular formula is C22H27N5O3. The second-order valence-corrected chi connectivity index (χ2v) is 7.67. The Hall–Kier alpha value is -3.00. The van der Waals surface area contributed by atoms with Gasteiger partial charge in [-0.3, -0.25) is 9.69 Å². The standard InChI is InChI=1S/C22H27N5O3/c1-3-11-23-21(28)17-9-12-27(13-10-17)14-18-24-25-22(29-18)19-15(2)30-26-20(19)16-7-5-4-6-8-16/h4-8,17H,3,9-14H2,1-2H3,(H,23,28). The van der Waals surface area contributed by atoms with Crippen molar-refractivity contribution >= 4 is 5.91 Å². The minimum absolute atomic E-state index is 0.0964. The number of aryl methyl sites for hydroxylation is 1. The fourth-order valence-electron chi connectivity index (χ4n) is 3.77. The fraction of sp³-hybridized carbons (Fsp3) is 0.455. The molecule has 1 saturated heterocycles. The van der Waals surface area contributed by atoms with E-state index in [0.29, 0.717) is 29.8 Å². The van der Waals surface area contributed by atoms with Gasteiger partial charge in [0.05, 0.1) is 6.54 Å². The van der Waals surface area contributed by atoms with Gasteiger partial charge in [-0.05, 0) is 39.3 Å². The SMILES string of the molecule is CCCNC(=O)C1CCN(Cc2nnc(-c3c(-c4ccccc4)noc3C)o2)CC1. The summed E-state index contributed by atoms with van der Waals surface area (Å²) in [5.74, 6) is 1.88. The van der Waals surface area contributed by atoms with Gasteiger partial charge in [0.2, 0.25) is 11.8 Å². The smallest absolute Gasteiger partial charge is 0.253 e. The largest absolute Gasteiger partial charge is 0.419 e. The second kappa shape index (κ2) is 9.21. The monoisotopic (exact) mass is 409 g/mol. The lowest BCUT2D eigenvalue weighted by Crippen LogP contribution is -2.40. The van der Waals surface area contributed by atoms with E-state index in [2.05, 4.69) is 32.5 Å². The first-order chi connectivity index (χ1) is 14.7. The van der Waals surface area contributed by atoms with Gasteiger partial charge in [-0.25, -0.2) is 0 Å². The van der Waals surface area contributed by atoms with Crippen LogP contribution in [0.25, 0.3) is 22.7 Å². The molecular weight excluding hydrogens is 382 g/mol. The summed E-state index contributed by atoms with van der Waals surface area (Å²) in [4.78, 5) is 14.4. The van der Waals surface area contributed by atoms with E-state index in [9.17, 15) is 4.79 Å². The molecule has 1 aliphatic heterocycles. The summed E-state index contributed by atoms with van der Waals surface area (Å²) in [7, 11) is 0. The zero-order valence-corrected chi connectivity index (χ0v) is 17.4. The number of nitrogens with zero attached hydrogens (tertiary/aromatic N) is 4. The van der Waals surface area contributed by atoms with Crippen molar-refractivity contribution < 1.29 is 13.7 Å². The van der Waals surface area contributed by atoms with Crippen molar-refractivity contribution in [1.82, 2.24) is 25.6 Å². The van der Waals surface area contributed by atoms with Gasteiger partial charge in [0.25, 0.3) is 5.89 Å². The van der Waals surface area contributed by atoms with Crippen molar-refractivity contribution in [1.29, 1.82) is 0 Å². The van der Waals surface area contributed by atoms with Gasteiger partial charge in [-0.15, -0.1) is 10.2 Å². The third-order valence-electron chi connectivity index (χ3n) is 5.46. The van der Waals surface area contributed by atoms with E-state index in [1.54, 1.807) is 0 Å². The number of aromatic nitrogens is 3.